The highest BCUT2D eigenvalue weighted by Crippen LogP contribution is 2.29. The summed E-state index contributed by atoms with van der Waals surface area (Å²) in [6.07, 6.45) is 0.283. The van der Waals surface area contributed by atoms with E-state index in [4.69, 9.17) is 21.1 Å². The quantitative estimate of drug-likeness (QED) is 0.748. The standard InChI is InChI=1S/C17H17ClF2N2O4/c1-17(2,3)26-16(24)22-15-13(6-9(23)7-21-15)25-8-10-11(19)4-5-12(20)14(10)18/h4-7,23H,8H2,1-3H3,(H,21,22,24). The number of benzene rings is 1. The van der Waals surface area contributed by atoms with E-state index < -0.39 is 35.0 Å². The Labute approximate surface area is 153 Å². The number of aromatic nitrogens is 1. The lowest BCUT2D eigenvalue weighted by molar-refractivity contribution is 0.0634. The Kier molecular flexibility index (Phi) is 5.86. The fraction of sp³-hybridized carbons (Fsp3) is 0.294. The molecule has 2 aromatic rings. The van der Waals surface area contributed by atoms with Gasteiger partial charge in [-0.15, -0.1) is 0 Å². The van der Waals surface area contributed by atoms with Crippen LogP contribution >= 0.6 is 11.6 Å². The molecule has 1 amide bonds. The topological polar surface area (TPSA) is 80.7 Å². The van der Waals surface area contributed by atoms with Crippen LogP contribution in [0.2, 0.25) is 5.02 Å². The molecule has 2 N–H and O–H groups in total. The van der Waals surface area contributed by atoms with Crippen molar-refractivity contribution in [2.45, 2.75) is 33.0 Å². The molecule has 0 saturated carbocycles. The van der Waals surface area contributed by atoms with Crippen molar-refractivity contribution in [2.24, 2.45) is 0 Å². The van der Waals surface area contributed by atoms with Crippen LogP contribution in [0.4, 0.5) is 19.4 Å². The molecule has 26 heavy (non-hydrogen) atoms. The number of rotatable bonds is 4. The molecule has 0 aliphatic rings. The van der Waals surface area contributed by atoms with E-state index in [2.05, 4.69) is 10.3 Å². The largest absolute Gasteiger partial charge is 0.506 e. The van der Waals surface area contributed by atoms with Crippen LogP contribution in [-0.2, 0) is 11.3 Å². The molecule has 0 unspecified atom stereocenters. The molecule has 0 bridgehead atoms. The first kappa shape index (κ1) is 19.7. The third-order valence-electron chi connectivity index (χ3n) is 2.97. The molecule has 0 aliphatic carbocycles. The number of hydrogen-bond donors (Lipinski definition) is 2. The highest BCUT2D eigenvalue weighted by molar-refractivity contribution is 6.31. The average Bonchev–Trinajstić information content (AvgIpc) is 2.51. The van der Waals surface area contributed by atoms with Crippen molar-refractivity contribution in [3.8, 4) is 11.5 Å². The summed E-state index contributed by atoms with van der Waals surface area (Å²) in [6.45, 7) is 4.60. The van der Waals surface area contributed by atoms with Crippen molar-refractivity contribution >= 4 is 23.5 Å². The van der Waals surface area contributed by atoms with Gasteiger partial charge in [0.1, 0.15) is 29.6 Å². The molecule has 1 heterocycles. The molecule has 0 saturated heterocycles. The van der Waals surface area contributed by atoms with Crippen LogP contribution in [0.15, 0.2) is 24.4 Å². The number of carbonyl (C=O) groups is 1. The summed E-state index contributed by atoms with van der Waals surface area (Å²) in [5.41, 5.74) is -0.946. The Bertz CT molecular complexity index is 825. The van der Waals surface area contributed by atoms with Gasteiger partial charge in [0.25, 0.3) is 0 Å². The molecule has 0 spiro atoms. The molecule has 0 aliphatic heterocycles. The summed E-state index contributed by atoms with van der Waals surface area (Å²) in [5.74, 6) is -1.94. The van der Waals surface area contributed by atoms with Gasteiger partial charge in [-0.3, -0.25) is 5.32 Å². The van der Waals surface area contributed by atoms with Gasteiger partial charge >= 0.3 is 6.09 Å². The van der Waals surface area contributed by atoms with E-state index in [1.165, 1.54) is 0 Å². The first-order chi connectivity index (χ1) is 12.1. The van der Waals surface area contributed by atoms with Crippen LogP contribution < -0.4 is 10.1 Å². The first-order valence-corrected chi connectivity index (χ1v) is 7.89. The first-order valence-electron chi connectivity index (χ1n) is 7.51. The fourth-order valence-electron chi connectivity index (χ4n) is 1.89. The van der Waals surface area contributed by atoms with Crippen LogP contribution in [0.5, 0.6) is 11.5 Å². The number of halogens is 3. The highest BCUT2D eigenvalue weighted by atomic mass is 35.5. The van der Waals surface area contributed by atoms with Crippen molar-refractivity contribution in [2.75, 3.05) is 5.32 Å². The zero-order valence-electron chi connectivity index (χ0n) is 14.3. The molecule has 0 atom stereocenters. The summed E-state index contributed by atoms with van der Waals surface area (Å²) in [5, 5.41) is 11.5. The minimum Gasteiger partial charge on any atom is -0.506 e. The Balaban J connectivity index is 2.21. The lowest BCUT2D eigenvalue weighted by atomic mass is 10.2. The van der Waals surface area contributed by atoms with Crippen molar-refractivity contribution in [3.05, 3.63) is 46.6 Å². The fourth-order valence-corrected chi connectivity index (χ4v) is 2.10. The van der Waals surface area contributed by atoms with E-state index in [-0.39, 0.29) is 22.9 Å². The molecule has 6 nitrogen and oxygen atoms in total. The van der Waals surface area contributed by atoms with Gasteiger partial charge in [-0.2, -0.15) is 0 Å². The zero-order valence-corrected chi connectivity index (χ0v) is 15.0. The summed E-state index contributed by atoms with van der Waals surface area (Å²) >= 11 is 5.74. The molecule has 1 aromatic heterocycles. The molecule has 0 radical (unpaired) electrons. The van der Waals surface area contributed by atoms with E-state index in [0.717, 1.165) is 24.4 Å². The van der Waals surface area contributed by atoms with E-state index in [1.807, 2.05) is 0 Å². The van der Waals surface area contributed by atoms with Crippen molar-refractivity contribution in [3.63, 3.8) is 0 Å². The SMILES string of the molecule is CC(C)(C)OC(=O)Nc1ncc(O)cc1OCc1c(F)ccc(F)c1Cl. The van der Waals surface area contributed by atoms with E-state index in [0.29, 0.717) is 0 Å². The lowest BCUT2D eigenvalue weighted by Gasteiger charge is -2.20. The second-order valence-corrected chi connectivity index (χ2v) is 6.66. The molecular formula is C17H17ClF2N2O4. The van der Waals surface area contributed by atoms with Crippen molar-refractivity contribution < 1.29 is 28.2 Å². The summed E-state index contributed by atoms with van der Waals surface area (Å²) in [7, 11) is 0. The molecule has 0 fully saturated rings. The maximum atomic E-state index is 13.8. The summed E-state index contributed by atoms with van der Waals surface area (Å²) in [6, 6.07) is 2.97. The second kappa shape index (κ2) is 7.74. The maximum absolute atomic E-state index is 13.8. The van der Waals surface area contributed by atoms with Gasteiger partial charge in [0, 0.05) is 11.6 Å². The van der Waals surface area contributed by atoms with Crippen LogP contribution in [0.25, 0.3) is 0 Å². The smallest absolute Gasteiger partial charge is 0.413 e. The average molecular weight is 387 g/mol. The summed E-state index contributed by atoms with van der Waals surface area (Å²) < 4.78 is 37.8. The predicted octanol–water partition coefficient (Wildman–Crippen LogP) is 4.64. The van der Waals surface area contributed by atoms with Crippen molar-refractivity contribution in [1.82, 2.24) is 4.98 Å². The second-order valence-electron chi connectivity index (χ2n) is 6.28. The zero-order chi connectivity index (χ0) is 19.5. The van der Waals surface area contributed by atoms with Crippen LogP contribution in [0.1, 0.15) is 26.3 Å². The van der Waals surface area contributed by atoms with Gasteiger partial charge in [0.05, 0.1) is 11.2 Å². The Morgan fingerprint density at radius 2 is 1.96 bits per heavy atom. The number of ether oxygens (including phenoxy) is 2. The predicted molar refractivity (Wildman–Crippen MR) is 91.5 cm³/mol. The highest BCUT2D eigenvalue weighted by Gasteiger charge is 2.19. The van der Waals surface area contributed by atoms with Gasteiger partial charge < -0.3 is 14.6 Å². The number of aromatic hydroxyl groups is 1. The minimum absolute atomic E-state index is 0.0648. The Morgan fingerprint density at radius 3 is 2.62 bits per heavy atom. The molecular weight excluding hydrogens is 370 g/mol. The third kappa shape index (κ3) is 5.19. The van der Waals surface area contributed by atoms with Gasteiger partial charge in [0.2, 0.25) is 0 Å². The number of amides is 1. The van der Waals surface area contributed by atoms with E-state index in [1.54, 1.807) is 20.8 Å². The molecule has 2 rings (SSSR count). The number of carbonyl (C=O) groups excluding carboxylic acids is 1. The van der Waals surface area contributed by atoms with Crippen LogP contribution in [0.3, 0.4) is 0 Å². The Morgan fingerprint density at radius 1 is 1.31 bits per heavy atom. The maximum Gasteiger partial charge on any atom is 0.413 e. The van der Waals surface area contributed by atoms with Gasteiger partial charge in [-0.1, -0.05) is 11.6 Å². The number of hydrogen-bond acceptors (Lipinski definition) is 5. The minimum atomic E-state index is -0.798. The summed E-state index contributed by atoms with van der Waals surface area (Å²) in [4.78, 5) is 15.7. The van der Waals surface area contributed by atoms with Gasteiger partial charge in [0.15, 0.2) is 11.6 Å². The van der Waals surface area contributed by atoms with Crippen molar-refractivity contribution in [1.29, 1.82) is 0 Å². The monoisotopic (exact) mass is 386 g/mol. The van der Waals surface area contributed by atoms with Gasteiger partial charge in [-0.25, -0.2) is 18.6 Å². The number of nitrogens with zero attached hydrogens (tertiary/aromatic N) is 1. The lowest BCUT2D eigenvalue weighted by Crippen LogP contribution is -2.27. The normalized spacial score (nSPS) is 11.2. The van der Waals surface area contributed by atoms with Crippen LogP contribution in [0, 0.1) is 11.6 Å². The number of anilines is 1. The van der Waals surface area contributed by atoms with Crippen LogP contribution in [-0.4, -0.2) is 21.8 Å². The van der Waals surface area contributed by atoms with E-state index >= 15 is 0 Å². The number of pyridine rings is 1. The molecule has 140 valence electrons. The van der Waals surface area contributed by atoms with E-state index in [9.17, 15) is 18.7 Å². The third-order valence-corrected chi connectivity index (χ3v) is 3.38. The Hall–Kier alpha value is -2.61. The molecule has 1 aromatic carbocycles. The van der Waals surface area contributed by atoms with Gasteiger partial charge in [-0.05, 0) is 32.9 Å². The molecule has 9 heteroatoms. The number of nitrogens with one attached hydrogen (secondary N) is 1.